The molecule has 0 atom stereocenters. The number of nitrogens with one attached hydrogen (secondary N) is 1. The Kier molecular flexibility index (Phi) is 1.82. The summed E-state index contributed by atoms with van der Waals surface area (Å²) in [6.45, 7) is 0. The number of rotatable bonds is 1. The fourth-order valence-electron chi connectivity index (χ4n) is 1.36. The van der Waals surface area contributed by atoms with Gasteiger partial charge in [0.05, 0.1) is 17.0 Å². The van der Waals surface area contributed by atoms with E-state index in [0.717, 1.165) is 5.69 Å². The fourth-order valence-corrected chi connectivity index (χ4v) is 1.36. The molecule has 0 aliphatic rings. The Morgan fingerprint density at radius 1 is 1.29 bits per heavy atom. The van der Waals surface area contributed by atoms with E-state index >= 15 is 0 Å². The fraction of sp³-hybridized carbons (Fsp3) is 0. The molecular weight excluding hydrogens is 176 g/mol. The Bertz CT molecular complexity index is 488. The van der Waals surface area contributed by atoms with Crippen LogP contribution in [0.4, 0.5) is 0 Å². The van der Waals surface area contributed by atoms with Crippen molar-refractivity contribution in [3.63, 3.8) is 0 Å². The second-order valence-corrected chi connectivity index (χ2v) is 2.74. The lowest BCUT2D eigenvalue weighted by molar-refractivity contribution is 1.10. The van der Waals surface area contributed by atoms with Crippen molar-refractivity contribution >= 4 is 0 Å². The third kappa shape index (κ3) is 1.07. The summed E-state index contributed by atoms with van der Waals surface area (Å²) in [7, 11) is 0. The summed E-state index contributed by atoms with van der Waals surface area (Å²) in [4.78, 5) is 2.97. The van der Waals surface area contributed by atoms with E-state index in [2.05, 4.69) is 4.98 Å². The summed E-state index contributed by atoms with van der Waals surface area (Å²) >= 11 is 0. The molecule has 66 valence electrons. The zero-order valence-electron chi connectivity index (χ0n) is 7.23. The third-order valence-corrected chi connectivity index (χ3v) is 1.97. The smallest absolute Gasteiger partial charge is 0.188 e. The number of aromatic amines is 1. The van der Waals surface area contributed by atoms with Gasteiger partial charge in [-0.1, -0.05) is 0 Å². The first-order chi connectivity index (χ1) is 6.86. The lowest BCUT2D eigenvalue weighted by Crippen LogP contribution is -1.91. The summed E-state index contributed by atoms with van der Waals surface area (Å²) in [5.74, 6) is 0. The molecule has 0 bridgehead atoms. The minimum Gasteiger partial charge on any atom is -0.360 e. The number of hydrogen-bond donors (Lipinski definition) is 1. The molecule has 0 saturated carbocycles. The normalized spacial score (nSPS) is 9.29. The maximum Gasteiger partial charge on any atom is 0.188 e. The molecule has 0 aliphatic heterocycles. The molecule has 0 fully saturated rings. The van der Waals surface area contributed by atoms with Gasteiger partial charge >= 0.3 is 0 Å². The van der Waals surface area contributed by atoms with E-state index in [0.29, 0.717) is 11.3 Å². The number of nitrogens with zero attached hydrogens (tertiary/aromatic N) is 3. The van der Waals surface area contributed by atoms with Crippen LogP contribution in [0.5, 0.6) is 0 Å². The molecule has 0 unspecified atom stereocenters. The van der Waals surface area contributed by atoms with Crippen LogP contribution in [0.1, 0.15) is 5.56 Å². The second-order valence-electron chi connectivity index (χ2n) is 2.74. The van der Waals surface area contributed by atoms with Crippen LogP contribution >= 0.6 is 0 Å². The van der Waals surface area contributed by atoms with Crippen LogP contribution in [-0.4, -0.2) is 9.55 Å². The molecule has 0 radical (unpaired) electrons. The predicted octanol–water partition coefficient (Wildman–Crippen LogP) is 1.68. The van der Waals surface area contributed by atoms with E-state index in [1.807, 2.05) is 24.4 Å². The van der Waals surface area contributed by atoms with E-state index in [-0.39, 0.29) is 0 Å². The van der Waals surface area contributed by atoms with Crippen LogP contribution in [0.3, 0.4) is 0 Å². The molecule has 0 aliphatic carbocycles. The van der Waals surface area contributed by atoms with Gasteiger partial charge in [-0.15, -0.1) is 0 Å². The average molecular weight is 182 g/mol. The molecule has 0 aromatic carbocycles. The number of aromatic nitrogens is 2. The van der Waals surface area contributed by atoms with Crippen molar-refractivity contribution in [2.75, 3.05) is 0 Å². The Hall–Kier alpha value is -2.46. The van der Waals surface area contributed by atoms with E-state index in [1.165, 1.54) is 4.57 Å². The summed E-state index contributed by atoms with van der Waals surface area (Å²) < 4.78 is 1.37. The second kappa shape index (κ2) is 3.12. The van der Waals surface area contributed by atoms with Gasteiger partial charge in [-0.25, -0.2) is 0 Å². The molecular formula is C10H6N4. The first kappa shape index (κ1) is 8.15. The predicted molar refractivity (Wildman–Crippen MR) is 49.9 cm³/mol. The van der Waals surface area contributed by atoms with Gasteiger partial charge < -0.3 is 4.98 Å². The van der Waals surface area contributed by atoms with Crippen LogP contribution in [0.2, 0.25) is 0 Å². The van der Waals surface area contributed by atoms with Crippen LogP contribution in [0, 0.1) is 22.8 Å². The highest BCUT2D eigenvalue weighted by atomic mass is 15.0. The van der Waals surface area contributed by atoms with Crippen molar-refractivity contribution < 1.29 is 0 Å². The largest absolute Gasteiger partial charge is 0.360 e. The molecule has 2 aromatic rings. The highest BCUT2D eigenvalue weighted by molar-refractivity contribution is 5.65. The van der Waals surface area contributed by atoms with Gasteiger partial charge in [0.1, 0.15) is 6.07 Å². The topological polar surface area (TPSA) is 68.3 Å². The van der Waals surface area contributed by atoms with E-state index in [1.54, 1.807) is 18.5 Å². The zero-order valence-corrected chi connectivity index (χ0v) is 7.23. The molecule has 2 heterocycles. The van der Waals surface area contributed by atoms with Crippen molar-refractivity contribution in [3.05, 3.63) is 36.2 Å². The highest BCUT2D eigenvalue weighted by Crippen LogP contribution is 2.21. The van der Waals surface area contributed by atoms with Gasteiger partial charge in [-0.3, -0.25) is 4.57 Å². The van der Waals surface area contributed by atoms with Crippen LogP contribution in [0.25, 0.3) is 11.4 Å². The van der Waals surface area contributed by atoms with E-state index < -0.39 is 0 Å². The van der Waals surface area contributed by atoms with Gasteiger partial charge in [0, 0.05) is 12.4 Å². The summed E-state index contributed by atoms with van der Waals surface area (Å²) in [5, 5.41) is 17.7. The average Bonchev–Trinajstić information content (AvgIpc) is 2.85. The van der Waals surface area contributed by atoms with Gasteiger partial charge in [-0.2, -0.15) is 10.5 Å². The van der Waals surface area contributed by atoms with Crippen molar-refractivity contribution in [2.45, 2.75) is 0 Å². The number of nitriles is 2. The Labute approximate surface area is 80.6 Å². The molecule has 14 heavy (non-hydrogen) atoms. The lowest BCUT2D eigenvalue weighted by atomic mass is 10.2. The van der Waals surface area contributed by atoms with Crippen molar-refractivity contribution in [1.82, 2.24) is 9.55 Å². The molecule has 0 saturated heterocycles. The van der Waals surface area contributed by atoms with Crippen LogP contribution in [0.15, 0.2) is 30.6 Å². The molecule has 1 N–H and O–H groups in total. The Balaban J connectivity index is 2.69. The molecule has 2 rings (SSSR count). The van der Waals surface area contributed by atoms with Gasteiger partial charge in [0.25, 0.3) is 0 Å². The summed E-state index contributed by atoms with van der Waals surface area (Å²) in [6, 6.07) is 7.32. The van der Waals surface area contributed by atoms with E-state index in [9.17, 15) is 0 Å². The van der Waals surface area contributed by atoms with Gasteiger partial charge in [-0.05, 0) is 18.2 Å². The maximum atomic E-state index is 8.84. The summed E-state index contributed by atoms with van der Waals surface area (Å²) in [6.07, 6.45) is 5.32. The van der Waals surface area contributed by atoms with Crippen LogP contribution in [-0.2, 0) is 0 Å². The molecule has 0 spiro atoms. The summed E-state index contributed by atoms with van der Waals surface area (Å²) in [5.41, 5.74) is 1.88. The number of H-pyrrole nitrogens is 1. The first-order valence-corrected chi connectivity index (χ1v) is 4.02. The highest BCUT2D eigenvalue weighted by Gasteiger charge is 2.10. The molecule has 2 aromatic heterocycles. The third-order valence-electron chi connectivity index (χ3n) is 1.97. The minimum atomic E-state index is 0.494. The van der Waals surface area contributed by atoms with Crippen molar-refractivity contribution in [1.29, 1.82) is 10.5 Å². The van der Waals surface area contributed by atoms with Crippen molar-refractivity contribution in [3.8, 4) is 23.7 Å². The maximum absolute atomic E-state index is 8.84. The quantitative estimate of drug-likeness (QED) is 0.729. The minimum absolute atomic E-state index is 0.494. The van der Waals surface area contributed by atoms with E-state index in [4.69, 9.17) is 10.5 Å². The molecule has 0 amide bonds. The van der Waals surface area contributed by atoms with Crippen molar-refractivity contribution in [2.24, 2.45) is 0 Å². The van der Waals surface area contributed by atoms with Crippen LogP contribution < -0.4 is 0 Å². The van der Waals surface area contributed by atoms with Gasteiger partial charge in [0.2, 0.25) is 0 Å². The SMILES string of the molecule is N#Cc1ccn(C#N)c1-c1ccc[nH]1. The lowest BCUT2D eigenvalue weighted by Gasteiger charge is -1.97. The number of hydrogen-bond acceptors (Lipinski definition) is 2. The molecule has 4 heteroatoms. The molecule has 4 nitrogen and oxygen atoms in total. The Morgan fingerprint density at radius 2 is 2.14 bits per heavy atom. The Morgan fingerprint density at radius 3 is 2.71 bits per heavy atom. The first-order valence-electron chi connectivity index (χ1n) is 4.02. The zero-order chi connectivity index (χ0) is 9.97. The standard InChI is InChI=1S/C10H6N4/c11-6-8-3-5-14(7-12)10(8)9-2-1-4-13-9/h1-5,13H. The van der Waals surface area contributed by atoms with Gasteiger partial charge in [0.15, 0.2) is 6.19 Å². The monoisotopic (exact) mass is 182 g/mol.